The molecule has 4 N–H and O–H groups in total. The second kappa shape index (κ2) is 5.80. The van der Waals surface area contributed by atoms with Crippen molar-refractivity contribution >= 4 is 17.6 Å². The van der Waals surface area contributed by atoms with Crippen molar-refractivity contribution in [1.29, 1.82) is 0 Å². The summed E-state index contributed by atoms with van der Waals surface area (Å²) >= 11 is 1.68. The SMILES string of the molecule is NNc1ccc(CSCCO)cn1. The van der Waals surface area contributed by atoms with Gasteiger partial charge >= 0.3 is 0 Å². The van der Waals surface area contributed by atoms with Crippen molar-refractivity contribution in [3.8, 4) is 0 Å². The average molecular weight is 199 g/mol. The summed E-state index contributed by atoms with van der Waals surface area (Å²) in [4.78, 5) is 4.06. The minimum atomic E-state index is 0.223. The molecule has 0 amide bonds. The Morgan fingerprint density at radius 1 is 1.54 bits per heavy atom. The zero-order valence-electron chi connectivity index (χ0n) is 7.23. The van der Waals surface area contributed by atoms with E-state index >= 15 is 0 Å². The molecule has 0 aliphatic heterocycles. The number of hydrogen-bond acceptors (Lipinski definition) is 5. The first-order chi connectivity index (χ1) is 6.36. The molecule has 0 fully saturated rings. The standard InChI is InChI=1S/C8H13N3OS/c9-11-8-2-1-7(5-10-8)6-13-4-3-12/h1-2,5,12H,3-4,6,9H2,(H,10,11). The fourth-order valence-corrected chi connectivity index (χ4v) is 1.53. The fourth-order valence-electron chi connectivity index (χ4n) is 0.850. The van der Waals surface area contributed by atoms with Gasteiger partial charge in [-0.25, -0.2) is 10.8 Å². The Morgan fingerprint density at radius 3 is 2.92 bits per heavy atom. The van der Waals surface area contributed by atoms with Crippen LogP contribution in [-0.2, 0) is 5.75 Å². The first-order valence-corrected chi connectivity index (χ1v) is 5.12. The molecule has 0 radical (unpaired) electrons. The zero-order valence-corrected chi connectivity index (χ0v) is 8.05. The summed E-state index contributed by atoms with van der Waals surface area (Å²) in [5, 5.41) is 8.56. The normalized spacial score (nSPS) is 10.0. The molecule has 1 rings (SSSR count). The highest BCUT2D eigenvalue weighted by molar-refractivity contribution is 7.98. The first kappa shape index (κ1) is 10.3. The lowest BCUT2D eigenvalue weighted by Gasteiger charge is -2.01. The molecule has 1 aromatic rings. The van der Waals surface area contributed by atoms with Crippen molar-refractivity contribution in [3.63, 3.8) is 0 Å². The van der Waals surface area contributed by atoms with Crippen LogP contribution in [0.4, 0.5) is 5.82 Å². The number of nitrogens with two attached hydrogens (primary N) is 1. The summed E-state index contributed by atoms with van der Waals surface area (Å²) in [5.74, 6) is 7.47. The van der Waals surface area contributed by atoms with Crippen LogP contribution in [0, 0.1) is 0 Å². The Balaban J connectivity index is 2.40. The largest absolute Gasteiger partial charge is 0.396 e. The number of nitrogen functional groups attached to an aromatic ring is 1. The number of nitrogens with one attached hydrogen (secondary N) is 1. The van der Waals surface area contributed by atoms with Crippen LogP contribution in [-0.4, -0.2) is 22.5 Å². The monoisotopic (exact) mass is 199 g/mol. The number of nitrogens with zero attached hydrogens (tertiary/aromatic N) is 1. The Hall–Kier alpha value is -0.780. The van der Waals surface area contributed by atoms with Crippen LogP contribution >= 0.6 is 11.8 Å². The number of hydrogen-bond donors (Lipinski definition) is 3. The van der Waals surface area contributed by atoms with Crippen molar-refractivity contribution in [2.45, 2.75) is 5.75 Å². The molecule has 0 saturated heterocycles. The summed E-state index contributed by atoms with van der Waals surface area (Å²) in [6, 6.07) is 3.79. The maximum atomic E-state index is 8.56. The second-order valence-electron chi connectivity index (χ2n) is 2.47. The zero-order chi connectivity index (χ0) is 9.52. The molecular weight excluding hydrogens is 186 g/mol. The summed E-state index contributed by atoms with van der Waals surface area (Å²) in [7, 11) is 0. The van der Waals surface area contributed by atoms with Crippen LogP contribution in [0.5, 0.6) is 0 Å². The van der Waals surface area contributed by atoms with Gasteiger partial charge in [-0.1, -0.05) is 6.07 Å². The van der Waals surface area contributed by atoms with E-state index in [0.29, 0.717) is 5.82 Å². The lowest BCUT2D eigenvalue weighted by molar-refractivity contribution is 0.322. The van der Waals surface area contributed by atoms with Crippen molar-refractivity contribution < 1.29 is 5.11 Å². The smallest absolute Gasteiger partial charge is 0.139 e. The maximum absolute atomic E-state index is 8.56. The quantitative estimate of drug-likeness (QED) is 0.368. The molecular formula is C8H13N3OS. The van der Waals surface area contributed by atoms with Crippen LogP contribution < -0.4 is 11.3 Å². The van der Waals surface area contributed by atoms with Crippen LogP contribution in [0.2, 0.25) is 0 Å². The van der Waals surface area contributed by atoms with E-state index in [1.165, 1.54) is 0 Å². The van der Waals surface area contributed by atoms with E-state index in [0.717, 1.165) is 17.1 Å². The van der Waals surface area contributed by atoms with Gasteiger partial charge in [0.05, 0.1) is 6.61 Å². The van der Waals surface area contributed by atoms with Gasteiger partial charge in [-0.3, -0.25) is 0 Å². The van der Waals surface area contributed by atoms with Gasteiger partial charge in [0.1, 0.15) is 5.82 Å². The molecule has 0 aliphatic carbocycles. The van der Waals surface area contributed by atoms with Crippen LogP contribution in [0.25, 0.3) is 0 Å². The number of pyridine rings is 1. The van der Waals surface area contributed by atoms with Gasteiger partial charge < -0.3 is 10.5 Å². The highest BCUT2D eigenvalue weighted by Gasteiger charge is 1.94. The third kappa shape index (κ3) is 3.63. The van der Waals surface area contributed by atoms with Crippen molar-refractivity contribution in [2.75, 3.05) is 17.8 Å². The first-order valence-electron chi connectivity index (χ1n) is 3.97. The van der Waals surface area contributed by atoms with E-state index in [1.807, 2.05) is 12.1 Å². The lowest BCUT2D eigenvalue weighted by Crippen LogP contribution is -2.08. The Morgan fingerprint density at radius 2 is 2.38 bits per heavy atom. The van der Waals surface area contributed by atoms with Gasteiger partial charge in [0.25, 0.3) is 0 Å². The number of anilines is 1. The summed E-state index contributed by atoms with van der Waals surface area (Å²) < 4.78 is 0. The Kier molecular flexibility index (Phi) is 4.59. The number of hydrazine groups is 1. The molecule has 1 aromatic heterocycles. The van der Waals surface area contributed by atoms with Gasteiger partial charge in [0.15, 0.2) is 0 Å². The predicted molar refractivity (Wildman–Crippen MR) is 55.3 cm³/mol. The van der Waals surface area contributed by atoms with Gasteiger partial charge in [-0.15, -0.1) is 0 Å². The summed E-state index contributed by atoms with van der Waals surface area (Å²) in [6.45, 7) is 0.223. The number of aromatic nitrogens is 1. The van der Waals surface area contributed by atoms with Gasteiger partial charge in [0.2, 0.25) is 0 Å². The molecule has 0 aliphatic rings. The third-order valence-corrected chi connectivity index (χ3v) is 2.49. The topological polar surface area (TPSA) is 71.2 Å². The van der Waals surface area contributed by atoms with Crippen molar-refractivity contribution in [2.24, 2.45) is 5.84 Å². The molecule has 0 aromatic carbocycles. The lowest BCUT2D eigenvalue weighted by atomic mass is 10.3. The molecule has 0 spiro atoms. The average Bonchev–Trinajstić information content (AvgIpc) is 2.19. The van der Waals surface area contributed by atoms with Crippen LogP contribution in [0.3, 0.4) is 0 Å². The van der Waals surface area contributed by atoms with Crippen molar-refractivity contribution in [1.82, 2.24) is 4.98 Å². The highest BCUT2D eigenvalue weighted by Crippen LogP contribution is 2.11. The molecule has 13 heavy (non-hydrogen) atoms. The second-order valence-corrected chi connectivity index (χ2v) is 3.58. The van der Waals surface area contributed by atoms with E-state index in [4.69, 9.17) is 10.9 Å². The van der Waals surface area contributed by atoms with Gasteiger partial charge in [-0.05, 0) is 11.6 Å². The highest BCUT2D eigenvalue weighted by atomic mass is 32.2. The number of aliphatic hydroxyl groups is 1. The molecule has 72 valence electrons. The molecule has 5 heteroatoms. The van der Waals surface area contributed by atoms with Gasteiger partial charge in [0, 0.05) is 17.7 Å². The van der Waals surface area contributed by atoms with E-state index in [9.17, 15) is 0 Å². The summed E-state index contributed by atoms with van der Waals surface area (Å²) in [6.07, 6.45) is 1.78. The maximum Gasteiger partial charge on any atom is 0.139 e. The van der Waals surface area contributed by atoms with E-state index in [1.54, 1.807) is 18.0 Å². The van der Waals surface area contributed by atoms with Crippen LogP contribution in [0.1, 0.15) is 5.56 Å². The van der Waals surface area contributed by atoms with Crippen molar-refractivity contribution in [3.05, 3.63) is 23.9 Å². The fraction of sp³-hybridized carbons (Fsp3) is 0.375. The van der Waals surface area contributed by atoms with E-state index in [-0.39, 0.29) is 6.61 Å². The number of aliphatic hydroxyl groups excluding tert-OH is 1. The van der Waals surface area contributed by atoms with Crippen LogP contribution in [0.15, 0.2) is 18.3 Å². The predicted octanol–water partition coefficient (Wildman–Crippen LogP) is 0.593. The number of rotatable bonds is 5. The summed E-state index contributed by atoms with van der Waals surface area (Å²) in [5.41, 5.74) is 3.60. The molecule has 0 bridgehead atoms. The minimum absolute atomic E-state index is 0.223. The molecule has 0 atom stereocenters. The molecule has 1 heterocycles. The Labute approximate surface area is 81.5 Å². The minimum Gasteiger partial charge on any atom is -0.396 e. The molecule has 0 saturated carbocycles. The molecule has 4 nitrogen and oxygen atoms in total. The van der Waals surface area contributed by atoms with E-state index < -0.39 is 0 Å². The molecule has 0 unspecified atom stereocenters. The number of thioether (sulfide) groups is 1. The van der Waals surface area contributed by atoms with Gasteiger partial charge in [-0.2, -0.15) is 11.8 Å². The third-order valence-electron chi connectivity index (χ3n) is 1.48. The van der Waals surface area contributed by atoms with E-state index in [2.05, 4.69) is 10.4 Å². The Bertz CT molecular complexity index is 240.